The molecule has 4 rings (SSSR count). The fraction of sp³-hybridized carbons (Fsp3) is 0.105. The van der Waals surface area contributed by atoms with Gasteiger partial charge < -0.3 is 16.1 Å². The number of aromatic nitrogens is 1. The molecule has 2 heterocycles. The van der Waals surface area contributed by atoms with Gasteiger partial charge in [-0.25, -0.2) is 5.48 Å². The third-order valence-electron chi connectivity index (χ3n) is 4.71. The van der Waals surface area contributed by atoms with E-state index in [4.69, 9.17) is 10.5 Å². The summed E-state index contributed by atoms with van der Waals surface area (Å²) in [4.78, 5) is 28.9. The highest BCUT2D eigenvalue weighted by molar-refractivity contribution is 6.62. The van der Waals surface area contributed by atoms with Crippen LogP contribution in [0.2, 0.25) is 0 Å². The summed E-state index contributed by atoms with van der Waals surface area (Å²) in [7, 11) is -1.25. The standard InChI is InChI=1S/C19H17BN4O4/c21-9-16(12-2-4-17-15(8-12)19(26)24-28-20(17)27)18(25)23-14-3-1-13-10-22-6-5-11(13)7-14/h1-8,10,16,27H,9,21H2,(H,23,25)(H,24,26). The van der Waals surface area contributed by atoms with Crippen LogP contribution in [0.5, 0.6) is 0 Å². The summed E-state index contributed by atoms with van der Waals surface area (Å²) in [5, 5.41) is 14.6. The van der Waals surface area contributed by atoms with E-state index in [0.717, 1.165) is 10.8 Å². The van der Waals surface area contributed by atoms with Crippen LogP contribution >= 0.6 is 0 Å². The van der Waals surface area contributed by atoms with E-state index in [0.29, 0.717) is 16.7 Å². The number of pyridine rings is 1. The molecular formula is C19H17BN4O4. The second-order valence-electron chi connectivity index (χ2n) is 6.46. The highest BCUT2D eigenvalue weighted by Gasteiger charge is 2.31. The largest absolute Gasteiger partial charge is 0.515 e. The van der Waals surface area contributed by atoms with Crippen LogP contribution in [0.15, 0.2) is 54.9 Å². The van der Waals surface area contributed by atoms with Gasteiger partial charge in [0.05, 0.1) is 5.92 Å². The average molecular weight is 376 g/mol. The molecule has 2 aromatic carbocycles. The van der Waals surface area contributed by atoms with Crippen LogP contribution in [0.1, 0.15) is 21.8 Å². The summed E-state index contributed by atoms with van der Waals surface area (Å²) in [6.07, 6.45) is 3.44. The fourth-order valence-corrected chi connectivity index (χ4v) is 3.22. The summed E-state index contributed by atoms with van der Waals surface area (Å²) in [6, 6.07) is 12.2. The number of hydrogen-bond acceptors (Lipinski definition) is 6. The van der Waals surface area contributed by atoms with Gasteiger partial charge in [0.1, 0.15) is 0 Å². The number of carbonyl (C=O) groups is 2. The minimum absolute atomic E-state index is 0.0583. The van der Waals surface area contributed by atoms with Gasteiger partial charge in [0.25, 0.3) is 5.91 Å². The molecule has 0 saturated carbocycles. The molecule has 0 spiro atoms. The summed E-state index contributed by atoms with van der Waals surface area (Å²) < 4.78 is 4.75. The Labute approximate surface area is 160 Å². The molecule has 0 radical (unpaired) electrons. The average Bonchev–Trinajstić information content (AvgIpc) is 2.71. The minimum Gasteiger partial charge on any atom is -0.422 e. The number of hydrogen-bond donors (Lipinski definition) is 4. The lowest BCUT2D eigenvalue weighted by molar-refractivity contribution is -0.117. The maximum Gasteiger partial charge on any atom is 0.515 e. The van der Waals surface area contributed by atoms with Crippen molar-refractivity contribution in [3.63, 3.8) is 0 Å². The van der Waals surface area contributed by atoms with Crippen LogP contribution in [0.4, 0.5) is 5.69 Å². The number of nitrogens with two attached hydrogens (primary N) is 1. The molecule has 8 nitrogen and oxygen atoms in total. The summed E-state index contributed by atoms with van der Waals surface area (Å²) in [5.74, 6) is -1.43. The first-order valence-corrected chi connectivity index (χ1v) is 8.69. The highest BCUT2D eigenvalue weighted by Crippen LogP contribution is 2.22. The Hall–Kier alpha value is -3.27. The van der Waals surface area contributed by atoms with Gasteiger partial charge in [0.2, 0.25) is 5.91 Å². The van der Waals surface area contributed by atoms with Gasteiger partial charge in [0.15, 0.2) is 0 Å². The third-order valence-corrected chi connectivity index (χ3v) is 4.71. The fourth-order valence-electron chi connectivity index (χ4n) is 3.22. The molecule has 1 aliphatic heterocycles. The van der Waals surface area contributed by atoms with Crippen molar-refractivity contribution in [3.05, 3.63) is 66.0 Å². The zero-order chi connectivity index (χ0) is 19.7. The van der Waals surface area contributed by atoms with E-state index < -0.39 is 18.9 Å². The van der Waals surface area contributed by atoms with Gasteiger partial charge in [-0.2, -0.15) is 0 Å². The van der Waals surface area contributed by atoms with E-state index in [9.17, 15) is 14.6 Å². The van der Waals surface area contributed by atoms with Crippen LogP contribution in [-0.2, 0) is 9.55 Å². The molecule has 140 valence electrons. The molecule has 0 bridgehead atoms. The maximum atomic E-state index is 12.8. The predicted octanol–water partition coefficient (Wildman–Crippen LogP) is 0.278. The quantitative estimate of drug-likeness (QED) is 0.485. The second-order valence-corrected chi connectivity index (χ2v) is 6.46. The van der Waals surface area contributed by atoms with Gasteiger partial charge in [-0.1, -0.05) is 18.2 Å². The number of rotatable bonds is 4. The van der Waals surface area contributed by atoms with E-state index in [2.05, 4.69) is 15.8 Å². The van der Waals surface area contributed by atoms with E-state index in [1.165, 1.54) is 0 Å². The molecule has 3 aromatic rings. The van der Waals surface area contributed by atoms with Crippen LogP contribution < -0.4 is 22.0 Å². The Kier molecular flexibility index (Phi) is 4.78. The monoisotopic (exact) mass is 376 g/mol. The molecule has 0 fully saturated rings. The number of nitrogens with one attached hydrogen (secondary N) is 2. The zero-order valence-corrected chi connectivity index (χ0v) is 14.8. The van der Waals surface area contributed by atoms with E-state index in [1.54, 1.807) is 36.7 Å². The molecule has 9 heteroatoms. The molecule has 0 saturated heterocycles. The lowest BCUT2D eigenvalue weighted by atomic mass is 9.74. The third kappa shape index (κ3) is 3.34. The topological polar surface area (TPSA) is 127 Å². The number of hydroxylamine groups is 1. The first-order chi connectivity index (χ1) is 13.6. The van der Waals surface area contributed by atoms with Crippen molar-refractivity contribution in [1.29, 1.82) is 0 Å². The molecule has 1 aromatic heterocycles. The molecule has 2 amide bonds. The summed E-state index contributed by atoms with van der Waals surface area (Å²) in [5.41, 5.74) is 9.78. The van der Waals surface area contributed by atoms with E-state index in [-0.39, 0.29) is 18.0 Å². The maximum absolute atomic E-state index is 12.8. The van der Waals surface area contributed by atoms with E-state index >= 15 is 0 Å². The lowest BCUT2D eigenvalue weighted by Crippen LogP contribution is -2.50. The van der Waals surface area contributed by atoms with Gasteiger partial charge in [-0.05, 0) is 40.7 Å². The molecule has 1 aliphatic rings. The van der Waals surface area contributed by atoms with Crippen LogP contribution in [-0.4, -0.2) is 35.5 Å². The number of carbonyl (C=O) groups excluding carboxylic acids is 2. The normalized spacial score (nSPS) is 14.4. The van der Waals surface area contributed by atoms with Crippen molar-refractivity contribution in [2.45, 2.75) is 5.92 Å². The molecule has 1 unspecified atom stereocenters. The summed E-state index contributed by atoms with van der Waals surface area (Å²) >= 11 is 0. The molecule has 0 aliphatic carbocycles. The minimum atomic E-state index is -1.25. The number of fused-ring (bicyclic) bond motifs is 2. The lowest BCUT2D eigenvalue weighted by Gasteiger charge is -2.21. The Morgan fingerprint density at radius 2 is 2.11 bits per heavy atom. The Balaban J connectivity index is 1.60. The Morgan fingerprint density at radius 1 is 1.25 bits per heavy atom. The smallest absolute Gasteiger partial charge is 0.422 e. The van der Waals surface area contributed by atoms with Crippen molar-refractivity contribution in [2.75, 3.05) is 11.9 Å². The number of anilines is 1. The first-order valence-electron chi connectivity index (χ1n) is 8.69. The Morgan fingerprint density at radius 3 is 2.93 bits per heavy atom. The van der Waals surface area contributed by atoms with Crippen molar-refractivity contribution < 1.29 is 19.4 Å². The van der Waals surface area contributed by atoms with Crippen LogP contribution in [0, 0.1) is 0 Å². The zero-order valence-electron chi connectivity index (χ0n) is 14.8. The van der Waals surface area contributed by atoms with Gasteiger partial charge in [-0.15, -0.1) is 0 Å². The number of benzene rings is 2. The first kappa shape index (κ1) is 18.1. The summed E-state index contributed by atoms with van der Waals surface area (Å²) in [6.45, 7) is 0.0583. The SMILES string of the molecule is NCC(C(=O)Nc1ccc2cnccc2c1)c1ccc2c(c1)C(=O)NOB2O. The van der Waals surface area contributed by atoms with E-state index in [1.807, 2.05) is 18.2 Å². The predicted molar refractivity (Wildman–Crippen MR) is 105 cm³/mol. The van der Waals surface area contributed by atoms with Crippen molar-refractivity contribution in [1.82, 2.24) is 10.5 Å². The van der Waals surface area contributed by atoms with Crippen molar-refractivity contribution >= 4 is 40.9 Å². The van der Waals surface area contributed by atoms with Crippen LogP contribution in [0.3, 0.4) is 0 Å². The van der Waals surface area contributed by atoms with Gasteiger partial charge >= 0.3 is 7.12 Å². The molecular weight excluding hydrogens is 359 g/mol. The van der Waals surface area contributed by atoms with Crippen molar-refractivity contribution in [3.8, 4) is 0 Å². The molecule has 28 heavy (non-hydrogen) atoms. The van der Waals surface area contributed by atoms with Gasteiger partial charge in [0, 0.05) is 35.6 Å². The van der Waals surface area contributed by atoms with Crippen LogP contribution in [0.25, 0.3) is 10.8 Å². The Bertz CT molecular complexity index is 1070. The molecule has 5 N–H and O–H groups in total. The van der Waals surface area contributed by atoms with Gasteiger partial charge in [-0.3, -0.25) is 19.3 Å². The number of nitrogens with zero attached hydrogens (tertiary/aromatic N) is 1. The van der Waals surface area contributed by atoms with Crippen molar-refractivity contribution in [2.24, 2.45) is 5.73 Å². The number of amides is 2. The highest BCUT2D eigenvalue weighted by atomic mass is 16.7. The molecule has 1 atom stereocenters. The second kappa shape index (κ2) is 7.39.